The maximum atomic E-state index is 12.9. The summed E-state index contributed by atoms with van der Waals surface area (Å²) in [5.41, 5.74) is 6.04. The van der Waals surface area contributed by atoms with Crippen molar-refractivity contribution >= 4 is 11.7 Å². The minimum absolute atomic E-state index is 0.0249. The van der Waals surface area contributed by atoms with Crippen LogP contribution >= 0.6 is 0 Å². The van der Waals surface area contributed by atoms with Gasteiger partial charge in [0.05, 0.1) is 6.04 Å². The van der Waals surface area contributed by atoms with Crippen molar-refractivity contribution in [1.82, 2.24) is 29.9 Å². The highest BCUT2D eigenvalue weighted by atomic mass is 16.1. The Morgan fingerprint density at radius 1 is 1.03 bits per heavy atom. The third-order valence-electron chi connectivity index (χ3n) is 5.49. The van der Waals surface area contributed by atoms with E-state index >= 15 is 0 Å². The number of nitrogens with zero attached hydrogens (tertiary/aromatic N) is 5. The van der Waals surface area contributed by atoms with Crippen molar-refractivity contribution in [3.05, 3.63) is 88.3 Å². The molecule has 7 nitrogen and oxygen atoms in total. The number of carbonyl (C=O) groups excluding carboxylic acids is 1. The zero-order valence-corrected chi connectivity index (χ0v) is 18.3. The molecule has 0 saturated heterocycles. The first kappa shape index (κ1) is 20.7. The molecule has 1 N–H and O–H groups in total. The molecule has 1 unspecified atom stereocenters. The fourth-order valence-electron chi connectivity index (χ4n) is 3.81. The summed E-state index contributed by atoms with van der Waals surface area (Å²) >= 11 is 0. The van der Waals surface area contributed by atoms with E-state index in [1.165, 1.54) is 5.56 Å². The third-order valence-corrected chi connectivity index (χ3v) is 5.49. The standard InChI is InChI=1S/C24H26N6O/c1-15-7-9-19(10-8-15)23(20-6-5-13-25-14-20)28-22(31)12-11-21-16(2)26-24-27-18(4)29-30(24)17(21)3/h5-10,13-14,23H,11-12H2,1-4H3,(H,28,31). The molecular weight excluding hydrogens is 388 g/mol. The van der Waals surface area contributed by atoms with E-state index < -0.39 is 0 Å². The van der Waals surface area contributed by atoms with E-state index in [1.54, 1.807) is 16.9 Å². The van der Waals surface area contributed by atoms with Gasteiger partial charge >= 0.3 is 0 Å². The first-order valence-corrected chi connectivity index (χ1v) is 10.4. The van der Waals surface area contributed by atoms with Crippen LogP contribution in [0.2, 0.25) is 0 Å². The molecule has 0 aliphatic rings. The zero-order valence-electron chi connectivity index (χ0n) is 18.3. The largest absolute Gasteiger partial charge is 0.345 e. The van der Waals surface area contributed by atoms with E-state index in [1.807, 2.05) is 52.0 Å². The van der Waals surface area contributed by atoms with Crippen LogP contribution in [0.3, 0.4) is 0 Å². The van der Waals surface area contributed by atoms with Gasteiger partial charge < -0.3 is 5.32 Å². The van der Waals surface area contributed by atoms with E-state index in [9.17, 15) is 4.79 Å². The van der Waals surface area contributed by atoms with Crippen LogP contribution in [0.5, 0.6) is 0 Å². The summed E-state index contributed by atoms with van der Waals surface area (Å²) < 4.78 is 1.75. The van der Waals surface area contributed by atoms with Crippen molar-refractivity contribution in [1.29, 1.82) is 0 Å². The van der Waals surface area contributed by atoms with Gasteiger partial charge in [-0.25, -0.2) is 9.50 Å². The fraction of sp³-hybridized carbons (Fsp3) is 0.292. The van der Waals surface area contributed by atoms with Gasteiger partial charge in [0, 0.05) is 30.2 Å². The Balaban J connectivity index is 1.53. The number of hydrogen-bond acceptors (Lipinski definition) is 5. The second-order valence-corrected chi connectivity index (χ2v) is 7.83. The predicted octanol–water partition coefficient (Wildman–Crippen LogP) is 3.59. The van der Waals surface area contributed by atoms with E-state index in [0.29, 0.717) is 24.4 Å². The molecule has 158 valence electrons. The number of fused-ring (bicyclic) bond motifs is 1. The quantitative estimate of drug-likeness (QED) is 0.521. The van der Waals surface area contributed by atoms with Crippen LogP contribution in [0.4, 0.5) is 0 Å². The minimum atomic E-state index is -0.248. The van der Waals surface area contributed by atoms with Crippen molar-refractivity contribution in [3.8, 4) is 0 Å². The highest BCUT2D eigenvalue weighted by Crippen LogP contribution is 2.22. The Morgan fingerprint density at radius 3 is 2.52 bits per heavy atom. The van der Waals surface area contributed by atoms with E-state index in [0.717, 1.165) is 28.1 Å². The highest BCUT2D eigenvalue weighted by molar-refractivity contribution is 5.77. The van der Waals surface area contributed by atoms with Crippen LogP contribution < -0.4 is 5.32 Å². The van der Waals surface area contributed by atoms with Crippen LogP contribution in [-0.4, -0.2) is 30.5 Å². The van der Waals surface area contributed by atoms with Gasteiger partial charge in [0.15, 0.2) is 0 Å². The van der Waals surface area contributed by atoms with Gasteiger partial charge in [-0.3, -0.25) is 9.78 Å². The lowest BCUT2D eigenvalue weighted by Gasteiger charge is -2.20. The fourth-order valence-corrected chi connectivity index (χ4v) is 3.81. The number of carbonyl (C=O) groups is 1. The first-order valence-electron chi connectivity index (χ1n) is 10.4. The molecule has 0 saturated carbocycles. The van der Waals surface area contributed by atoms with Gasteiger partial charge in [-0.2, -0.15) is 10.1 Å². The number of benzene rings is 1. The third kappa shape index (κ3) is 4.45. The number of rotatable bonds is 6. The molecule has 0 fully saturated rings. The lowest BCUT2D eigenvalue weighted by atomic mass is 9.98. The average molecular weight is 415 g/mol. The van der Waals surface area contributed by atoms with Crippen LogP contribution in [-0.2, 0) is 11.2 Å². The normalized spacial score (nSPS) is 12.1. The second kappa shape index (κ2) is 8.63. The smallest absolute Gasteiger partial charge is 0.252 e. The molecule has 1 amide bonds. The molecule has 7 heteroatoms. The van der Waals surface area contributed by atoms with Gasteiger partial charge in [-0.05, 0) is 56.9 Å². The Hall–Kier alpha value is -3.61. The van der Waals surface area contributed by atoms with E-state index in [4.69, 9.17) is 0 Å². The van der Waals surface area contributed by atoms with Gasteiger partial charge in [0.25, 0.3) is 5.78 Å². The molecule has 3 heterocycles. The number of aromatic nitrogens is 5. The Kier molecular flexibility index (Phi) is 5.75. The van der Waals surface area contributed by atoms with Crippen LogP contribution in [0, 0.1) is 27.7 Å². The van der Waals surface area contributed by atoms with Crippen LogP contribution in [0.1, 0.15) is 51.9 Å². The molecule has 1 aromatic carbocycles. The molecule has 3 aromatic heterocycles. The topological polar surface area (TPSA) is 85.1 Å². The second-order valence-electron chi connectivity index (χ2n) is 7.83. The van der Waals surface area contributed by atoms with Gasteiger partial charge in [0.1, 0.15) is 5.82 Å². The van der Waals surface area contributed by atoms with E-state index in [2.05, 4.69) is 37.5 Å². The maximum Gasteiger partial charge on any atom is 0.252 e. The summed E-state index contributed by atoms with van der Waals surface area (Å²) in [5, 5.41) is 7.60. The molecule has 0 aliphatic carbocycles. The molecule has 0 radical (unpaired) electrons. The van der Waals surface area contributed by atoms with E-state index in [-0.39, 0.29) is 11.9 Å². The number of amides is 1. The SMILES string of the molecule is Cc1ccc(C(NC(=O)CCc2c(C)nc3nc(C)nn3c2C)c2cccnc2)cc1. The Bertz CT molecular complexity index is 1210. The summed E-state index contributed by atoms with van der Waals surface area (Å²) in [4.78, 5) is 26.1. The average Bonchev–Trinajstić information content (AvgIpc) is 3.13. The molecule has 1 atom stereocenters. The number of hydrogen-bond donors (Lipinski definition) is 1. The van der Waals surface area contributed by atoms with Crippen molar-refractivity contribution in [2.75, 3.05) is 0 Å². The van der Waals surface area contributed by atoms with Crippen molar-refractivity contribution in [3.63, 3.8) is 0 Å². The molecular formula is C24H26N6O. The lowest BCUT2D eigenvalue weighted by molar-refractivity contribution is -0.121. The summed E-state index contributed by atoms with van der Waals surface area (Å²) in [5.74, 6) is 1.25. The molecule has 4 rings (SSSR count). The molecule has 31 heavy (non-hydrogen) atoms. The Morgan fingerprint density at radius 2 is 1.81 bits per heavy atom. The molecule has 4 aromatic rings. The number of aryl methyl sites for hydroxylation is 4. The summed E-state index contributed by atoms with van der Waals surface area (Å²) in [6, 6.07) is 11.8. The van der Waals surface area contributed by atoms with Gasteiger partial charge in [0.2, 0.25) is 5.91 Å². The first-order chi connectivity index (χ1) is 14.9. The predicted molar refractivity (Wildman–Crippen MR) is 119 cm³/mol. The molecule has 0 aliphatic heterocycles. The lowest BCUT2D eigenvalue weighted by Crippen LogP contribution is -2.29. The van der Waals surface area contributed by atoms with Crippen molar-refractivity contribution < 1.29 is 4.79 Å². The summed E-state index contributed by atoms with van der Waals surface area (Å²) in [6.07, 6.45) is 4.46. The monoisotopic (exact) mass is 414 g/mol. The Labute approximate surface area is 181 Å². The highest BCUT2D eigenvalue weighted by Gasteiger charge is 2.18. The van der Waals surface area contributed by atoms with Crippen LogP contribution in [0.25, 0.3) is 5.78 Å². The molecule has 0 bridgehead atoms. The number of pyridine rings is 1. The number of nitrogens with one attached hydrogen (secondary N) is 1. The molecule has 0 spiro atoms. The summed E-state index contributed by atoms with van der Waals surface area (Å²) in [7, 11) is 0. The zero-order chi connectivity index (χ0) is 22.0. The minimum Gasteiger partial charge on any atom is -0.345 e. The van der Waals surface area contributed by atoms with Gasteiger partial charge in [-0.1, -0.05) is 35.9 Å². The summed E-state index contributed by atoms with van der Waals surface area (Å²) in [6.45, 7) is 7.84. The van der Waals surface area contributed by atoms with Crippen LogP contribution in [0.15, 0.2) is 48.8 Å². The van der Waals surface area contributed by atoms with Crippen molar-refractivity contribution in [2.45, 2.75) is 46.6 Å². The van der Waals surface area contributed by atoms with Gasteiger partial charge in [-0.15, -0.1) is 0 Å². The maximum absolute atomic E-state index is 12.9. The van der Waals surface area contributed by atoms with Crippen molar-refractivity contribution in [2.24, 2.45) is 0 Å².